The van der Waals surface area contributed by atoms with Crippen molar-refractivity contribution in [2.75, 3.05) is 20.2 Å². The normalized spacial score (nSPS) is 11.4. The van der Waals surface area contributed by atoms with Crippen molar-refractivity contribution >= 4 is 50.7 Å². The van der Waals surface area contributed by atoms with E-state index in [-0.39, 0.29) is 29.6 Å². The molecule has 34 heavy (non-hydrogen) atoms. The first-order chi connectivity index (χ1) is 16.2. The van der Waals surface area contributed by atoms with Gasteiger partial charge in [-0.15, -0.1) is 0 Å². The van der Waals surface area contributed by atoms with E-state index in [1.54, 1.807) is 18.2 Å². The van der Waals surface area contributed by atoms with E-state index in [9.17, 15) is 13.2 Å². The maximum Gasteiger partial charge on any atom is 0.243 e. The molecule has 6 nitrogen and oxygen atoms in total. The van der Waals surface area contributed by atoms with Crippen LogP contribution in [-0.2, 0) is 27.8 Å². The minimum absolute atomic E-state index is 0.0279. The lowest BCUT2D eigenvalue weighted by Crippen LogP contribution is -2.41. The minimum Gasteiger partial charge on any atom is -0.495 e. The van der Waals surface area contributed by atoms with Gasteiger partial charge in [-0.3, -0.25) is 4.79 Å². The van der Waals surface area contributed by atoms with Crippen molar-refractivity contribution in [3.63, 3.8) is 0 Å². The molecule has 0 heterocycles. The number of carbonyl (C=O) groups excluding carboxylic acids is 1. The van der Waals surface area contributed by atoms with Crippen LogP contribution in [0.3, 0.4) is 0 Å². The zero-order valence-electron chi connectivity index (χ0n) is 18.3. The molecular formula is C24H23Cl3N2O4S. The summed E-state index contributed by atoms with van der Waals surface area (Å²) >= 11 is 18.2. The van der Waals surface area contributed by atoms with Gasteiger partial charge in [0.1, 0.15) is 5.75 Å². The molecule has 3 rings (SSSR count). The molecule has 1 N–H and O–H groups in total. The van der Waals surface area contributed by atoms with Gasteiger partial charge in [0, 0.05) is 23.1 Å². The van der Waals surface area contributed by atoms with E-state index in [2.05, 4.69) is 5.32 Å². The second-order valence-corrected chi connectivity index (χ2v) is 10.6. The van der Waals surface area contributed by atoms with Crippen molar-refractivity contribution in [3.05, 3.63) is 92.9 Å². The van der Waals surface area contributed by atoms with Crippen LogP contribution in [0.15, 0.2) is 71.6 Å². The van der Waals surface area contributed by atoms with Crippen molar-refractivity contribution in [1.82, 2.24) is 9.62 Å². The SMILES string of the molecule is COc1ccc(S(=O)(=O)N(CCc2ccccc2)CC(=O)NCc2ccc(Cl)cc2Cl)cc1Cl. The van der Waals surface area contributed by atoms with Gasteiger partial charge in [-0.1, -0.05) is 71.2 Å². The van der Waals surface area contributed by atoms with Crippen LogP contribution in [0, 0.1) is 0 Å². The van der Waals surface area contributed by atoms with Crippen molar-refractivity contribution in [2.24, 2.45) is 0 Å². The van der Waals surface area contributed by atoms with Crippen molar-refractivity contribution in [1.29, 1.82) is 0 Å². The third-order valence-corrected chi connectivity index (χ3v) is 7.79. The summed E-state index contributed by atoms with van der Waals surface area (Å²) in [4.78, 5) is 12.7. The van der Waals surface area contributed by atoms with Gasteiger partial charge in [0.15, 0.2) is 0 Å². The maximum absolute atomic E-state index is 13.4. The third kappa shape index (κ3) is 6.87. The lowest BCUT2D eigenvalue weighted by molar-refractivity contribution is -0.121. The molecular weight excluding hydrogens is 519 g/mol. The second-order valence-electron chi connectivity index (χ2n) is 7.38. The Balaban J connectivity index is 1.79. The van der Waals surface area contributed by atoms with E-state index in [0.29, 0.717) is 27.8 Å². The van der Waals surface area contributed by atoms with Gasteiger partial charge in [-0.25, -0.2) is 8.42 Å². The third-order valence-electron chi connectivity index (χ3n) is 5.06. The summed E-state index contributed by atoms with van der Waals surface area (Å²) < 4.78 is 33.1. The molecule has 0 atom stereocenters. The average Bonchev–Trinajstić information content (AvgIpc) is 2.81. The highest BCUT2D eigenvalue weighted by Gasteiger charge is 2.27. The number of methoxy groups -OCH3 is 1. The number of nitrogens with one attached hydrogen (secondary N) is 1. The molecule has 0 bridgehead atoms. The first kappa shape index (κ1) is 26.3. The summed E-state index contributed by atoms with van der Waals surface area (Å²) in [7, 11) is -2.58. The molecule has 0 aliphatic carbocycles. The molecule has 0 unspecified atom stereocenters. The summed E-state index contributed by atoms with van der Waals surface area (Å²) in [5.74, 6) is -0.115. The Kier molecular flexibility index (Phi) is 9.22. The standard InChI is InChI=1S/C24H23Cl3N2O4S/c1-33-23-10-9-20(14-22(23)27)34(31,32)29(12-11-17-5-3-2-4-6-17)16-24(30)28-15-18-7-8-19(25)13-21(18)26/h2-10,13-14H,11-12,15-16H2,1H3,(H,28,30). The van der Waals surface area contributed by atoms with E-state index < -0.39 is 15.9 Å². The van der Waals surface area contributed by atoms with Crippen molar-refractivity contribution in [2.45, 2.75) is 17.9 Å². The summed E-state index contributed by atoms with van der Waals surface area (Å²) in [5.41, 5.74) is 1.61. The summed E-state index contributed by atoms with van der Waals surface area (Å²) in [6, 6.07) is 18.6. The van der Waals surface area contributed by atoms with Crippen LogP contribution >= 0.6 is 34.8 Å². The van der Waals surface area contributed by atoms with Crippen LogP contribution in [0.4, 0.5) is 0 Å². The van der Waals surface area contributed by atoms with Crippen LogP contribution in [0.1, 0.15) is 11.1 Å². The van der Waals surface area contributed by atoms with Crippen LogP contribution in [-0.4, -0.2) is 38.8 Å². The van der Waals surface area contributed by atoms with E-state index in [1.807, 2.05) is 30.3 Å². The number of halogens is 3. The molecule has 3 aromatic carbocycles. The van der Waals surface area contributed by atoms with E-state index >= 15 is 0 Å². The zero-order chi connectivity index (χ0) is 24.7. The largest absolute Gasteiger partial charge is 0.495 e. The maximum atomic E-state index is 13.4. The predicted octanol–water partition coefficient (Wildman–Crippen LogP) is 5.21. The van der Waals surface area contributed by atoms with Crippen LogP contribution in [0.5, 0.6) is 5.75 Å². The molecule has 0 aromatic heterocycles. The zero-order valence-corrected chi connectivity index (χ0v) is 21.4. The van der Waals surface area contributed by atoms with Gasteiger partial charge in [-0.2, -0.15) is 4.31 Å². The van der Waals surface area contributed by atoms with Gasteiger partial charge in [-0.05, 0) is 47.9 Å². The Morgan fingerprint density at radius 2 is 1.71 bits per heavy atom. The molecule has 10 heteroatoms. The monoisotopic (exact) mass is 540 g/mol. The van der Waals surface area contributed by atoms with E-state index in [1.165, 1.54) is 25.3 Å². The number of rotatable bonds is 10. The first-order valence-corrected chi connectivity index (χ1v) is 12.9. The second kappa shape index (κ2) is 11.9. The lowest BCUT2D eigenvalue weighted by atomic mass is 10.1. The molecule has 0 saturated carbocycles. The minimum atomic E-state index is -4.02. The highest BCUT2D eigenvalue weighted by molar-refractivity contribution is 7.89. The number of sulfonamides is 1. The highest BCUT2D eigenvalue weighted by Crippen LogP contribution is 2.28. The molecule has 180 valence electrons. The number of ether oxygens (including phenoxy) is 1. The van der Waals surface area contributed by atoms with Gasteiger partial charge in [0.05, 0.1) is 23.6 Å². The Hall–Kier alpha value is -2.29. The van der Waals surface area contributed by atoms with Gasteiger partial charge < -0.3 is 10.1 Å². The topological polar surface area (TPSA) is 75.7 Å². The Morgan fingerprint density at radius 3 is 2.35 bits per heavy atom. The number of benzene rings is 3. The number of hydrogen-bond donors (Lipinski definition) is 1. The van der Waals surface area contributed by atoms with Gasteiger partial charge in [0.2, 0.25) is 15.9 Å². The number of nitrogens with zero attached hydrogens (tertiary/aromatic N) is 1. The molecule has 0 fully saturated rings. The molecule has 1 amide bonds. The quantitative estimate of drug-likeness (QED) is 0.383. The fraction of sp³-hybridized carbons (Fsp3) is 0.208. The molecule has 0 aliphatic rings. The molecule has 0 saturated heterocycles. The van der Waals surface area contributed by atoms with Crippen LogP contribution in [0.2, 0.25) is 15.1 Å². The summed E-state index contributed by atoms with van der Waals surface area (Å²) in [6.07, 6.45) is 0.431. The fourth-order valence-electron chi connectivity index (χ4n) is 3.21. The molecule has 0 radical (unpaired) electrons. The summed E-state index contributed by atoms with van der Waals surface area (Å²) in [6.45, 7) is -0.134. The fourth-order valence-corrected chi connectivity index (χ4v) is 5.44. The van der Waals surface area contributed by atoms with E-state index in [0.717, 1.165) is 9.87 Å². The molecule has 0 aliphatic heterocycles. The summed E-state index contributed by atoms with van der Waals surface area (Å²) in [5, 5.41) is 3.78. The number of carbonyl (C=O) groups is 1. The Morgan fingerprint density at radius 1 is 0.971 bits per heavy atom. The van der Waals surface area contributed by atoms with E-state index in [4.69, 9.17) is 39.5 Å². The van der Waals surface area contributed by atoms with Crippen molar-refractivity contribution in [3.8, 4) is 5.75 Å². The number of amides is 1. The Labute approximate surface area is 214 Å². The average molecular weight is 542 g/mol. The number of hydrogen-bond acceptors (Lipinski definition) is 4. The van der Waals surface area contributed by atoms with Gasteiger partial charge in [0.25, 0.3) is 0 Å². The lowest BCUT2D eigenvalue weighted by Gasteiger charge is -2.22. The molecule has 0 spiro atoms. The van der Waals surface area contributed by atoms with Crippen LogP contribution in [0.25, 0.3) is 0 Å². The van der Waals surface area contributed by atoms with Crippen LogP contribution < -0.4 is 10.1 Å². The van der Waals surface area contributed by atoms with Crippen molar-refractivity contribution < 1.29 is 17.9 Å². The Bertz CT molecular complexity index is 1250. The predicted molar refractivity (Wildman–Crippen MR) is 135 cm³/mol. The molecule has 3 aromatic rings. The van der Waals surface area contributed by atoms with Gasteiger partial charge >= 0.3 is 0 Å². The smallest absolute Gasteiger partial charge is 0.243 e. The first-order valence-electron chi connectivity index (χ1n) is 10.3. The highest BCUT2D eigenvalue weighted by atomic mass is 35.5.